The fourth-order valence-corrected chi connectivity index (χ4v) is 3.96. The van der Waals surface area contributed by atoms with Gasteiger partial charge in [-0.15, -0.1) is 0 Å². The maximum atomic E-state index is 12.6. The van der Waals surface area contributed by atoms with Gasteiger partial charge in [-0.1, -0.05) is 43.0 Å². The Morgan fingerprint density at radius 1 is 1.42 bits per heavy atom. The third-order valence-corrected chi connectivity index (χ3v) is 5.31. The molecule has 2 saturated heterocycles. The molecule has 6 heteroatoms. The molecule has 1 aromatic carbocycles. The molecule has 0 radical (unpaired) electrons. The summed E-state index contributed by atoms with van der Waals surface area (Å²) in [6, 6.07) is 7.76. The molecule has 2 heterocycles. The average Bonchev–Trinajstić information content (AvgIpc) is 3.19. The van der Waals surface area contributed by atoms with E-state index in [0.717, 1.165) is 37.2 Å². The highest BCUT2D eigenvalue weighted by molar-refractivity contribution is 8.26. The number of ether oxygens (including phenoxy) is 2. The van der Waals surface area contributed by atoms with Crippen molar-refractivity contribution in [3.8, 4) is 5.75 Å². The number of carbonyl (C=O) groups excluding carboxylic acids is 1. The second-order valence-electron chi connectivity index (χ2n) is 5.84. The monoisotopic (exact) mass is 363 g/mol. The van der Waals surface area contributed by atoms with Gasteiger partial charge in [0.15, 0.2) is 0 Å². The summed E-state index contributed by atoms with van der Waals surface area (Å²) >= 11 is 6.73. The van der Waals surface area contributed by atoms with Crippen molar-refractivity contribution >= 4 is 40.3 Å². The zero-order valence-corrected chi connectivity index (χ0v) is 15.3. The maximum absolute atomic E-state index is 12.6. The number of benzene rings is 1. The van der Waals surface area contributed by atoms with Crippen LogP contribution in [0.3, 0.4) is 0 Å². The summed E-state index contributed by atoms with van der Waals surface area (Å²) in [5.41, 5.74) is 0.969. The average molecular weight is 364 g/mol. The minimum Gasteiger partial charge on any atom is -0.494 e. The zero-order chi connectivity index (χ0) is 16.9. The van der Waals surface area contributed by atoms with Crippen LogP contribution in [0.1, 0.15) is 31.7 Å². The van der Waals surface area contributed by atoms with Gasteiger partial charge in [-0.3, -0.25) is 9.69 Å². The molecule has 2 aliphatic rings. The first-order valence-corrected chi connectivity index (χ1v) is 9.49. The van der Waals surface area contributed by atoms with Crippen LogP contribution < -0.4 is 4.74 Å². The highest BCUT2D eigenvalue weighted by Gasteiger charge is 2.34. The first-order chi connectivity index (χ1) is 11.7. The normalized spacial score (nSPS) is 22.6. The fourth-order valence-electron chi connectivity index (χ4n) is 2.68. The SMILES string of the molecule is CCCOc1ccc(/C=C2/SC(=S)N(C[C@H]3CCCO3)C2=O)cc1. The van der Waals surface area contributed by atoms with Crippen molar-refractivity contribution in [2.24, 2.45) is 0 Å². The van der Waals surface area contributed by atoms with E-state index in [1.54, 1.807) is 4.90 Å². The van der Waals surface area contributed by atoms with Crippen LogP contribution >= 0.6 is 24.0 Å². The van der Waals surface area contributed by atoms with E-state index in [-0.39, 0.29) is 12.0 Å². The fraction of sp³-hybridized carbons (Fsp3) is 0.444. The third-order valence-electron chi connectivity index (χ3n) is 3.93. The minimum atomic E-state index is -0.0215. The van der Waals surface area contributed by atoms with Gasteiger partial charge in [0.2, 0.25) is 0 Å². The lowest BCUT2D eigenvalue weighted by Gasteiger charge is -2.18. The summed E-state index contributed by atoms with van der Waals surface area (Å²) in [4.78, 5) is 14.9. The Morgan fingerprint density at radius 2 is 2.21 bits per heavy atom. The number of thiocarbonyl (C=S) groups is 1. The molecule has 0 aliphatic carbocycles. The first kappa shape index (κ1) is 17.5. The van der Waals surface area contributed by atoms with E-state index in [4.69, 9.17) is 21.7 Å². The Kier molecular flexibility index (Phi) is 5.92. The van der Waals surface area contributed by atoms with E-state index >= 15 is 0 Å². The molecule has 1 aromatic rings. The quantitative estimate of drug-likeness (QED) is 0.567. The molecule has 3 rings (SSSR count). The van der Waals surface area contributed by atoms with Gasteiger partial charge in [0.1, 0.15) is 10.1 Å². The second-order valence-corrected chi connectivity index (χ2v) is 7.52. The van der Waals surface area contributed by atoms with Crippen LogP contribution in [0.15, 0.2) is 29.2 Å². The topological polar surface area (TPSA) is 38.8 Å². The molecular weight excluding hydrogens is 342 g/mol. The van der Waals surface area contributed by atoms with Crippen molar-refractivity contribution in [1.82, 2.24) is 4.90 Å². The summed E-state index contributed by atoms with van der Waals surface area (Å²) in [7, 11) is 0. The van der Waals surface area contributed by atoms with Crippen LogP contribution in [0.4, 0.5) is 0 Å². The predicted molar refractivity (Wildman–Crippen MR) is 101 cm³/mol. The molecule has 0 bridgehead atoms. The van der Waals surface area contributed by atoms with Crippen LogP contribution in [0.25, 0.3) is 6.08 Å². The van der Waals surface area contributed by atoms with Gasteiger partial charge < -0.3 is 9.47 Å². The molecule has 0 unspecified atom stereocenters. The van der Waals surface area contributed by atoms with E-state index in [9.17, 15) is 4.79 Å². The number of nitrogens with zero attached hydrogens (tertiary/aromatic N) is 1. The smallest absolute Gasteiger partial charge is 0.266 e. The maximum Gasteiger partial charge on any atom is 0.266 e. The summed E-state index contributed by atoms with van der Waals surface area (Å²) in [5.74, 6) is 0.826. The van der Waals surface area contributed by atoms with Crippen LogP contribution in [0.5, 0.6) is 5.75 Å². The Balaban J connectivity index is 1.66. The molecule has 4 nitrogen and oxygen atoms in total. The molecule has 0 aromatic heterocycles. The van der Waals surface area contributed by atoms with Crippen LogP contribution in [-0.2, 0) is 9.53 Å². The molecule has 128 valence electrons. The van der Waals surface area contributed by atoms with Gasteiger partial charge in [-0.25, -0.2) is 0 Å². The van der Waals surface area contributed by atoms with Gasteiger partial charge >= 0.3 is 0 Å². The number of amides is 1. The summed E-state index contributed by atoms with van der Waals surface area (Å²) < 4.78 is 11.8. The van der Waals surface area contributed by atoms with Gasteiger partial charge in [0.25, 0.3) is 5.91 Å². The van der Waals surface area contributed by atoms with Crippen molar-refractivity contribution in [3.63, 3.8) is 0 Å². The van der Waals surface area contributed by atoms with Crippen LogP contribution in [-0.4, -0.2) is 41.0 Å². The van der Waals surface area contributed by atoms with E-state index in [1.807, 2.05) is 30.3 Å². The van der Waals surface area contributed by atoms with Gasteiger partial charge in [0, 0.05) is 6.61 Å². The Labute approximate surface area is 152 Å². The van der Waals surface area contributed by atoms with Gasteiger partial charge in [0.05, 0.1) is 24.2 Å². The molecule has 0 saturated carbocycles. The van der Waals surface area contributed by atoms with Crippen LogP contribution in [0.2, 0.25) is 0 Å². The molecule has 24 heavy (non-hydrogen) atoms. The molecule has 0 spiro atoms. The standard InChI is InChI=1S/C18H21NO3S2/c1-2-9-21-14-7-5-13(6-8-14)11-16-17(20)19(18(23)24-16)12-15-4-3-10-22-15/h5-8,11,15H,2-4,9-10,12H2,1H3/b16-11+/t15-/m1/s1. The summed E-state index contributed by atoms with van der Waals surface area (Å²) in [5, 5.41) is 0. The molecule has 0 N–H and O–H groups in total. The van der Waals surface area contributed by atoms with E-state index in [0.29, 0.717) is 22.4 Å². The molecule has 2 aliphatic heterocycles. The molecule has 2 fully saturated rings. The number of rotatable bonds is 6. The zero-order valence-electron chi connectivity index (χ0n) is 13.7. The Bertz CT molecular complexity index is 636. The molecular formula is C18H21NO3S2. The highest BCUT2D eigenvalue weighted by atomic mass is 32.2. The number of carbonyl (C=O) groups is 1. The second kappa shape index (κ2) is 8.14. The number of hydrogen-bond acceptors (Lipinski definition) is 5. The van der Waals surface area contributed by atoms with E-state index in [1.165, 1.54) is 11.8 Å². The largest absolute Gasteiger partial charge is 0.494 e. The van der Waals surface area contributed by atoms with Crippen molar-refractivity contribution < 1.29 is 14.3 Å². The minimum absolute atomic E-state index is 0.0215. The van der Waals surface area contributed by atoms with E-state index < -0.39 is 0 Å². The number of thioether (sulfide) groups is 1. The lowest BCUT2D eigenvalue weighted by Crippen LogP contribution is -2.35. The summed E-state index contributed by atoms with van der Waals surface area (Å²) in [6.45, 7) is 4.13. The van der Waals surface area contributed by atoms with Gasteiger partial charge in [-0.05, 0) is 43.0 Å². The van der Waals surface area contributed by atoms with Crippen molar-refractivity contribution in [2.75, 3.05) is 19.8 Å². The van der Waals surface area contributed by atoms with Crippen LogP contribution in [0, 0.1) is 0 Å². The Morgan fingerprint density at radius 3 is 2.88 bits per heavy atom. The van der Waals surface area contributed by atoms with Crippen molar-refractivity contribution in [3.05, 3.63) is 34.7 Å². The third kappa shape index (κ3) is 4.18. The lowest BCUT2D eigenvalue weighted by atomic mass is 10.2. The Hall–Kier alpha value is -1.37. The van der Waals surface area contributed by atoms with Gasteiger partial charge in [-0.2, -0.15) is 0 Å². The van der Waals surface area contributed by atoms with Crippen molar-refractivity contribution in [2.45, 2.75) is 32.3 Å². The van der Waals surface area contributed by atoms with Crippen molar-refractivity contribution in [1.29, 1.82) is 0 Å². The molecule has 1 atom stereocenters. The van der Waals surface area contributed by atoms with E-state index in [2.05, 4.69) is 6.92 Å². The predicted octanol–water partition coefficient (Wildman–Crippen LogP) is 3.86. The summed E-state index contributed by atoms with van der Waals surface area (Å²) in [6.07, 6.45) is 5.03. The highest BCUT2D eigenvalue weighted by Crippen LogP contribution is 2.33. The first-order valence-electron chi connectivity index (χ1n) is 8.27. The lowest BCUT2D eigenvalue weighted by molar-refractivity contribution is -0.123. The molecule has 1 amide bonds. The number of hydrogen-bond donors (Lipinski definition) is 0.